The van der Waals surface area contributed by atoms with E-state index in [1.165, 1.54) is 11.3 Å². The number of aromatic nitrogens is 2. The van der Waals surface area contributed by atoms with Gasteiger partial charge >= 0.3 is 5.22 Å². The molecule has 2 aromatic rings. The molecule has 1 N–H and O–H groups in total. The van der Waals surface area contributed by atoms with E-state index in [2.05, 4.69) is 15.5 Å². The lowest BCUT2D eigenvalue weighted by molar-refractivity contribution is -0.121. The maximum Gasteiger partial charge on any atom is 0.335 e. The van der Waals surface area contributed by atoms with Gasteiger partial charge in [-0.15, -0.1) is 16.4 Å². The van der Waals surface area contributed by atoms with Crippen LogP contribution in [0.1, 0.15) is 30.7 Å². The second kappa shape index (κ2) is 6.57. The molecule has 0 fully saturated rings. The summed E-state index contributed by atoms with van der Waals surface area (Å²) in [7, 11) is -3.56. The molecule has 0 aliphatic rings. The maximum atomic E-state index is 12.1. The molecular formula is C13H17N3O4S2. The highest BCUT2D eigenvalue weighted by molar-refractivity contribution is 7.90. The van der Waals surface area contributed by atoms with Crippen molar-refractivity contribution in [2.24, 2.45) is 5.92 Å². The summed E-state index contributed by atoms with van der Waals surface area (Å²) >= 11 is 1.50. The fraction of sp³-hybridized carbons (Fsp3) is 0.462. The summed E-state index contributed by atoms with van der Waals surface area (Å²) in [6, 6.07) is 3.22. The average molecular weight is 343 g/mol. The van der Waals surface area contributed by atoms with Crippen molar-refractivity contribution in [2.75, 3.05) is 6.26 Å². The standard InChI is InChI=1S/C13H17N3O4S2/c1-8(2)11(12-15-16-13(20-12)22(3,18)19)14-10(17)7-9-5-4-6-21-9/h4-6,8,11H,7H2,1-3H3,(H,14,17)/t11-/m0/s1. The van der Waals surface area contributed by atoms with Crippen molar-refractivity contribution < 1.29 is 17.6 Å². The van der Waals surface area contributed by atoms with Crippen LogP contribution in [-0.4, -0.2) is 30.8 Å². The van der Waals surface area contributed by atoms with E-state index in [9.17, 15) is 13.2 Å². The molecule has 120 valence electrons. The van der Waals surface area contributed by atoms with Gasteiger partial charge in [0, 0.05) is 11.1 Å². The number of hydrogen-bond acceptors (Lipinski definition) is 7. The summed E-state index contributed by atoms with van der Waals surface area (Å²) in [5.41, 5.74) is 0. The molecule has 0 aromatic carbocycles. The number of thiophene rings is 1. The first-order chi connectivity index (χ1) is 10.3. The number of sulfone groups is 1. The topological polar surface area (TPSA) is 102 Å². The Morgan fingerprint density at radius 3 is 2.64 bits per heavy atom. The first-order valence-corrected chi connectivity index (χ1v) is 9.39. The molecule has 0 saturated carbocycles. The van der Waals surface area contributed by atoms with Crippen LogP contribution in [0, 0.1) is 5.92 Å². The number of rotatable bonds is 6. The van der Waals surface area contributed by atoms with Crippen LogP contribution in [0.4, 0.5) is 0 Å². The highest BCUT2D eigenvalue weighted by Gasteiger charge is 2.26. The Bertz CT molecular complexity index is 735. The molecule has 0 aliphatic heterocycles. The number of hydrogen-bond donors (Lipinski definition) is 1. The van der Waals surface area contributed by atoms with Gasteiger partial charge in [0.15, 0.2) is 0 Å². The van der Waals surface area contributed by atoms with Crippen LogP contribution in [0.3, 0.4) is 0 Å². The third kappa shape index (κ3) is 4.14. The molecule has 9 heteroatoms. The molecule has 0 unspecified atom stereocenters. The third-order valence-electron chi connectivity index (χ3n) is 2.90. The Balaban J connectivity index is 2.13. The summed E-state index contributed by atoms with van der Waals surface area (Å²) in [4.78, 5) is 13.0. The van der Waals surface area contributed by atoms with Crippen LogP contribution >= 0.6 is 11.3 Å². The largest absolute Gasteiger partial charge is 0.410 e. The van der Waals surface area contributed by atoms with E-state index in [0.29, 0.717) is 0 Å². The van der Waals surface area contributed by atoms with Gasteiger partial charge in [-0.2, -0.15) is 0 Å². The Kier molecular flexibility index (Phi) is 4.97. The maximum absolute atomic E-state index is 12.1. The number of nitrogens with one attached hydrogen (secondary N) is 1. The van der Waals surface area contributed by atoms with Crippen LogP contribution < -0.4 is 5.32 Å². The van der Waals surface area contributed by atoms with E-state index in [1.54, 1.807) is 0 Å². The lowest BCUT2D eigenvalue weighted by Crippen LogP contribution is -2.33. The Hall–Kier alpha value is -1.74. The molecule has 22 heavy (non-hydrogen) atoms. The second-order valence-corrected chi connectivity index (χ2v) is 8.15. The molecule has 0 bridgehead atoms. The van der Waals surface area contributed by atoms with Crippen molar-refractivity contribution in [3.8, 4) is 0 Å². The average Bonchev–Trinajstić information content (AvgIpc) is 3.05. The van der Waals surface area contributed by atoms with Gasteiger partial charge in [0.25, 0.3) is 0 Å². The zero-order valence-electron chi connectivity index (χ0n) is 12.4. The molecule has 2 rings (SSSR count). The zero-order valence-corrected chi connectivity index (χ0v) is 14.1. The van der Waals surface area contributed by atoms with Gasteiger partial charge in [0.2, 0.25) is 21.6 Å². The lowest BCUT2D eigenvalue weighted by Gasteiger charge is -2.18. The Morgan fingerprint density at radius 2 is 2.14 bits per heavy atom. The van der Waals surface area contributed by atoms with Gasteiger partial charge in [0.05, 0.1) is 6.42 Å². The van der Waals surface area contributed by atoms with Crippen molar-refractivity contribution in [3.63, 3.8) is 0 Å². The number of nitrogens with zero attached hydrogens (tertiary/aromatic N) is 2. The van der Waals surface area contributed by atoms with Crippen molar-refractivity contribution in [3.05, 3.63) is 28.3 Å². The molecule has 1 atom stereocenters. The van der Waals surface area contributed by atoms with Crippen molar-refractivity contribution in [1.29, 1.82) is 0 Å². The molecule has 1 amide bonds. The minimum Gasteiger partial charge on any atom is -0.410 e. The van der Waals surface area contributed by atoms with Gasteiger partial charge in [-0.3, -0.25) is 4.79 Å². The van der Waals surface area contributed by atoms with Gasteiger partial charge < -0.3 is 9.73 Å². The van der Waals surface area contributed by atoms with E-state index in [-0.39, 0.29) is 24.1 Å². The summed E-state index contributed by atoms with van der Waals surface area (Å²) in [5, 5.41) is 11.5. The molecule has 0 saturated heterocycles. The molecule has 7 nitrogen and oxygen atoms in total. The van der Waals surface area contributed by atoms with E-state index in [0.717, 1.165) is 11.1 Å². The minimum atomic E-state index is -3.56. The lowest BCUT2D eigenvalue weighted by atomic mass is 10.0. The summed E-state index contributed by atoms with van der Waals surface area (Å²) in [6.45, 7) is 3.75. The number of carbonyl (C=O) groups excluding carboxylic acids is 1. The van der Waals surface area contributed by atoms with E-state index in [4.69, 9.17) is 4.42 Å². The predicted molar refractivity (Wildman–Crippen MR) is 81.2 cm³/mol. The minimum absolute atomic E-state index is 0.0276. The van der Waals surface area contributed by atoms with Gasteiger partial charge in [0.1, 0.15) is 6.04 Å². The molecule has 0 radical (unpaired) electrons. The van der Waals surface area contributed by atoms with Crippen LogP contribution in [0.5, 0.6) is 0 Å². The fourth-order valence-corrected chi connectivity index (χ4v) is 2.93. The van der Waals surface area contributed by atoms with Gasteiger partial charge in [-0.25, -0.2) is 8.42 Å². The van der Waals surface area contributed by atoms with Gasteiger partial charge in [-0.05, 0) is 17.4 Å². The number of carbonyl (C=O) groups is 1. The normalized spacial score (nSPS) is 13.3. The molecule has 0 aliphatic carbocycles. The quantitative estimate of drug-likeness (QED) is 0.854. The zero-order chi connectivity index (χ0) is 16.3. The van der Waals surface area contributed by atoms with Crippen molar-refractivity contribution in [1.82, 2.24) is 15.5 Å². The highest BCUT2D eigenvalue weighted by atomic mass is 32.2. The van der Waals surface area contributed by atoms with Crippen LogP contribution in [0.25, 0.3) is 0 Å². The highest BCUT2D eigenvalue weighted by Crippen LogP contribution is 2.22. The fourth-order valence-electron chi connectivity index (χ4n) is 1.81. The van der Waals surface area contributed by atoms with Crippen molar-refractivity contribution >= 4 is 27.1 Å². The Labute approximate surface area is 132 Å². The van der Waals surface area contributed by atoms with Crippen LogP contribution in [0.15, 0.2) is 27.2 Å². The SMILES string of the molecule is CC(C)[C@H](NC(=O)Cc1cccs1)c1nnc(S(C)(=O)=O)o1. The van der Waals surface area contributed by atoms with Gasteiger partial charge in [-0.1, -0.05) is 25.0 Å². The summed E-state index contributed by atoms with van der Waals surface area (Å²) in [6.07, 6.45) is 1.25. The summed E-state index contributed by atoms with van der Waals surface area (Å²) in [5.74, 6) is -0.115. The predicted octanol–water partition coefficient (Wildman–Crippen LogP) is 1.59. The number of amides is 1. The molecule has 0 spiro atoms. The molecule has 2 aromatic heterocycles. The smallest absolute Gasteiger partial charge is 0.335 e. The van der Waals surface area contributed by atoms with Crippen molar-refractivity contribution in [2.45, 2.75) is 31.5 Å². The van der Waals surface area contributed by atoms with Crippen LogP contribution in [-0.2, 0) is 21.1 Å². The van der Waals surface area contributed by atoms with E-state index in [1.807, 2.05) is 31.4 Å². The van der Waals surface area contributed by atoms with E-state index < -0.39 is 21.1 Å². The Morgan fingerprint density at radius 1 is 1.41 bits per heavy atom. The first kappa shape index (κ1) is 16.6. The first-order valence-electron chi connectivity index (χ1n) is 6.62. The molecular weight excluding hydrogens is 326 g/mol. The van der Waals surface area contributed by atoms with Crippen LogP contribution in [0.2, 0.25) is 0 Å². The third-order valence-corrected chi connectivity index (χ3v) is 4.58. The molecule has 2 heterocycles. The second-order valence-electron chi connectivity index (χ2n) is 5.22. The monoisotopic (exact) mass is 343 g/mol. The van der Waals surface area contributed by atoms with E-state index >= 15 is 0 Å². The summed E-state index contributed by atoms with van der Waals surface area (Å²) < 4.78 is 28.0.